The molecule has 1 rings (SSSR count). The Kier molecular flexibility index (Phi) is 6.57. The molecule has 0 aromatic carbocycles. The van der Waals surface area contributed by atoms with Crippen LogP contribution in [-0.4, -0.2) is 14.6 Å². The fourth-order valence-electron chi connectivity index (χ4n) is 1.95. The smallest absolute Gasteiger partial charge is 0.0849 e. The molecule has 17 heavy (non-hydrogen) atoms. The molecule has 1 aromatic rings. The summed E-state index contributed by atoms with van der Waals surface area (Å²) in [5, 5.41) is 5.42. The molecule has 0 aliphatic heterocycles. The van der Waals surface area contributed by atoms with E-state index in [4.69, 9.17) is 11.6 Å². The second-order valence-corrected chi connectivity index (χ2v) is 5.95. The van der Waals surface area contributed by atoms with Gasteiger partial charge in [0, 0.05) is 11.4 Å². The van der Waals surface area contributed by atoms with E-state index >= 15 is 0 Å². The van der Waals surface area contributed by atoms with Gasteiger partial charge in [0.15, 0.2) is 0 Å². The zero-order valence-electron chi connectivity index (χ0n) is 11.0. The molecule has 0 N–H and O–H groups in total. The summed E-state index contributed by atoms with van der Waals surface area (Å²) in [6.45, 7) is 7.33. The molecule has 0 saturated carbocycles. The highest BCUT2D eigenvalue weighted by Crippen LogP contribution is 2.24. The Morgan fingerprint density at radius 3 is 2.59 bits per heavy atom. The van der Waals surface area contributed by atoms with Crippen molar-refractivity contribution in [2.45, 2.75) is 64.2 Å². The predicted molar refractivity (Wildman–Crippen MR) is 78.2 cm³/mol. The molecule has 0 fully saturated rings. The Hall–Kier alpha value is -0.0200. The Balaban J connectivity index is 2.66. The summed E-state index contributed by atoms with van der Waals surface area (Å²) in [7, 11) is 0. The lowest BCUT2D eigenvalue weighted by Gasteiger charge is -2.08. The molecule has 1 heterocycles. The van der Waals surface area contributed by atoms with E-state index in [0.29, 0.717) is 4.83 Å². The number of alkyl halides is 1. The van der Waals surface area contributed by atoms with E-state index in [1.165, 1.54) is 25.0 Å². The number of rotatable bonds is 7. The van der Waals surface area contributed by atoms with Crippen LogP contribution in [0, 0.1) is 0 Å². The number of nitrogens with zero attached hydrogens (tertiary/aromatic N) is 2. The van der Waals surface area contributed by atoms with Gasteiger partial charge in [-0.1, -0.05) is 41.4 Å². The first-order chi connectivity index (χ1) is 8.13. The average molecular weight is 322 g/mol. The highest BCUT2D eigenvalue weighted by atomic mass is 79.9. The Morgan fingerprint density at radius 2 is 2.06 bits per heavy atom. The predicted octanol–water partition coefficient (Wildman–Crippen LogP) is 4.62. The van der Waals surface area contributed by atoms with Gasteiger partial charge in [-0.05, 0) is 39.0 Å². The van der Waals surface area contributed by atoms with Gasteiger partial charge in [-0.2, -0.15) is 5.10 Å². The lowest BCUT2D eigenvalue weighted by molar-refractivity contribution is 0.591. The molecule has 1 aromatic heterocycles. The lowest BCUT2D eigenvalue weighted by atomic mass is 10.1. The van der Waals surface area contributed by atoms with Crippen molar-refractivity contribution in [3.8, 4) is 0 Å². The fraction of sp³-hybridized carbons (Fsp3) is 0.769. The van der Waals surface area contributed by atoms with E-state index < -0.39 is 0 Å². The van der Waals surface area contributed by atoms with Gasteiger partial charge < -0.3 is 0 Å². The monoisotopic (exact) mass is 320 g/mol. The second kappa shape index (κ2) is 7.42. The topological polar surface area (TPSA) is 17.8 Å². The van der Waals surface area contributed by atoms with Gasteiger partial charge in [0.05, 0.1) is 16.4 Å². The van der Waals surface area contributed by atoms with E-state index in [1.807, 2.05) is 0 Å². The van der Waals surface area contributed by atoms with Crippen molar-refractivity contribution < 1.29 is 0 Å². The molecule has 2 nitrogen and oxygen atoms in total. The first kappa shape index (κ1) is 15.0. The number of hydrogen-bond acceptors (Lipinski definition) is 1. The van der Waals surface area contributed by atoms with Gasteiger partial charge in [0.25, 0.3) is 0 Å². The first-order valence-corrected chi connectivity index (χ1v) is 7.81. The molecule has 4 heteroatoms. The highest BCUT2D eigenvalue weighted by molar-refractivity contribution is 9.09. The Morgan fingerprint density at radius 1 is 1.35 bits per heavy atom. The summed E-state index contributed by atoms with van der Waals surface area (Å²) in [5.41, 5.74) is 2.25. The maximum absolute atomic E-state index is 6.36. The minimum absolute atomic E-state index is 0.630. The molecule has 0 aliphatic carbocycles. The molecule has 0 amide bonds. The van der Waals surface area contributed by atoms with Crippen molar-refractivity contribution in [1.82, 2.24) is 9.78 Å². The zero-order valence-corrected chi connectivity index (χ0v) is 13.3. The van der Waals surface area contributed by atoms with Gasteiger partial charge in [0.2, 0.25) is 0 Å². The number of aryl methyl sites for hydroxylation is 2. The van der Waals surface area contributed by atoms with Gasteiger partial charge >= 0.3 is 0 Å². The largest absolute Gasteiger partial charge is 0.268 e. The van der Waals surface area contributed by atoms with Crippen LogP contribution in [-0.2, 0) is 19.4 Å². The third kappa shape index (κ3) is 3.99. The van der Waals surface area contributed by atoms with Gasteiger partial charge in [-0.25, -0.2) is 0 Å². The van der Waals surface area contributed by atoms with E-state index in [9.17, 15) is 0 Å². The van der Waals surface area contributed by atoms with Crippen molar-refractivity contribution in [1.29, 1.82) is 0 Å². The quantitative estimate of drug-likeness (QED) is 0.670. The summed E-state index contributed by atoms with van der Waals surface area (Å²) in [5.74, 6) is 0. The molecule has 1 unspecified atom stereocenters. The number of halogens is 2. The summed E-state index contributed by atoms with van der Waals surface area (Å²) < 4.78 is 2.05. The van der Waals surface area contributed by atoms with Crippen LogP contribution in [0.5, 0.6) is 0 Å². The third-order valence-electron chi connectivity index (χ3n) is 3.07. The van der Waals surface area contributed by atoms with E-state index in [-0.39, 0.29) is 0 Å². The summed E-state index contributed by atoms with van der Waals surface area (Å²) in [6, 6.07) is 0. The van der Waals surface area contributed by atoms with E-state index in [1.54, 1.807) is 0 Å². The average Bonchev–Trinajstić information content (AvgIpc) is 2.65. The number of aromatic nitrogens is 2. The molecule has 1 atom stereocenters. The molecule has 98 valence electrons. The minimum atomic E-state index is 0.630. The second-order valence-electron chi connectivity index (χ2n) is 4.27. The molecule has 0 spiro atoms. The molecule has 0 aliphatic rings. The minimum Gasteiger partial charge on any atom is -0.268 e. The van der Waals surface area contributed by atoms with Gasteiger partial charge in [-0.3, -0.25) is 4.68 Å². The van der Waals surface area contributed by atoms with Crippen LogP contribution in [0.4, 0.5) is 0 Å². The van der Waals surface area contributed by atoms with Crippen molar-refractivity contribution >= 4 is 27.5 Å². The van der Waals surface area contributed by atoms with Gasteiger partial charge in [0.1, 0.15) is 0 Å². The van der Waals surface area contributed by atoms with Crippen LogP contribution in [0.1, 0.15) is 51.4 Å². The van der Waals surface area contributed by atoms with Crippen LogP contribution in [0.25, 0.3) is 0 Å². The Bertz CT molecular complexity index is 349. The lowest BCUT2D eigenvalue weighted by Crippen LogP contribution is -2.04. The molecule has 0 saturated heterocycles. The van der Waals surface area contributed by atoms with Crippen molar-refractivity contribution in [3.05, 3.63) is 16.4 Å². The summed E-state index contributed by atoms with van der Waals surface area (Å²) >= 11 is 10.0. The summed E-state index contributed by atoms with van der Waals surface area (Å²) in [6.07, 6.45) is 5.49. The Labute approximate surface area is 118 Å². The van der Waals surface area contributed by atoms with E-state index in [2.05, 4.69) is 46.5 Å². The summed E-state index contributed by atoms with van der Waals surface area (Å²) in [4.78, 5) is 0.630. The van der Waals surface area contributed by atoms with Gasteiger partial charge in [-0.15, -0.1) is 0 Å². The van der Waals surface area contributed by atoms with Crippen molar-refractivity contribution in [2.24, 2.45) is 0 Å². The maximum atomic E-state index is 6.36. The van der Waals surface area contributed by atoms with Crippen molar-refractivity contribution in [3.63, 3.8) is 0 Å². The van der Waals surface area contributed by atoms with Crippen molar-refractivity contribution in [2.75, 3.05) is 0 Å². The van der Waals surface area contributed by atoms with E-state index in [0.717, 1.165) is 30.1 Å². The highest BCUT2D eigenvalue weighted by Gasteiger charge is 2.14. The molecular formula is C13H22BrClN2. The van der Waals surface area contributed by atoms with Crippen LogP contribution in [0.2, 0.25) is 5.02 Å². The SMILES string of the molecule is CCc1nn(CC)c(CCCC(Br)CC)c1Cl. The van der Waals surface area contributed by atoms with Crippen LogP contribution in [0.15, 0.2) is 0 Å². The molecular weight excluding hydrogens is 300 g/mol. The first-order valence-electron chi connectivity index (χ1n) is 6.52. The normalized spacial score (nSPS) is 13.0. The third-order valence-corrected chi connectivity index (χ3v) is 4.61. The van der Waals surface area contributed by atoms with Crippen LogP contribution in [0.3, 0.4) is 0 Å². The fourth-order valence-corrected chi connectivity index (χ4v) is 2.64. The van der Waals surface area contributed by atoms with Crippen LogP contribution >= 0.6 is 27.5 Å². The maximum Gasteiger partial charge on any atom is 0.0849 e. The molecule has 0 bridgehead atoms. The molecule has 0 radical (unpaired) electrons. The van der Waals surface area contributed by atoms with Crippen LogP contribution < -0.4 is 0 Å². The number of hydrogen-bond donors (Lipinski definition) is 0. The zero-order chi connectivity index (χ0) is 12.8. The standard InChI is InChI=1S/C13H22BrClN2/c1-4-10(14)8-7-9-12-13(15)11(5-2)16-17(12)6-3/h10H,4-9H2,1-3H3.